The zero-order valence-electron chi connectivity index (χ0n) is 7.49. The number of pyridine rings is 1. The summed E-state index contributed by atoms with van der Waals surface area (Å²) >= 11 is 3.13. The van der Waals surface area contributed by atoms with Crippen molar-refractivity contribution in [2.24, 2.45) is 0 Å². The Labute approximate surface area is 95.6 Å². The van der Waals surface area contributed by atoms with Crippen molar-refractivity contribution in [3.05, 3.63) is 28.8 Å². The Morgan fingerprint density at radius 2 is 1.94 bits per heavy atom. The third kappa shape index (κ3) is 2.21. The predicted octanol–water partition coefficient (Wildman–Crippen LogP) is 2.91. The molecule has 4 nitrogen and oxygen atoms in total. The molecular weight excluding hydrogens is 291 g/mol. The first kappa shape index (κ1) is 11.1. The Balaban J connectivity index is 2.39. The number of hydrogen-bond donors (Lipinski definition) is 0. The summed E-state index contributed by atoms with van der Waals surface area (Å²) in [5.74, 6) is -1.59. The predicted molar refractivity (Wildman–Crippen MR) is 50.2 cm³/mol. The molecule has 0 saturated carbocycles. The van der Waals surface area contributed by atoms with Gasteiger partial charge in [-0.1, -0.05) is 0 Å². The lowest BCUT2D eigenvalue weighted by molar-refractivity contribution is -0.156. The van der Waals surface area contributed by atoms with E-state index in [9.17, 15) is 13.2 Å². The topological polar surface area (TPSA) is 51.8 Å². The molecule has 84 valence electrons. The Kier molecular flexibility index (Phi) is 2.66. The molecule has 16 heavy (non-hydrogen) atoms. The fourth-order valence-electron chi connectivity index (χ4n) is 0.983. The first-order valence-corrected chi connectivity index (χ1v) is 4.78. The number of alkyl halides is 3. The van der Waals surface area contributed by atoms with Crippen molar-refractivity contribution in [3.63, 3.8) is 0 Å². The van der Waals surface area contributed by atoms with Gasteiger partial charge in [0.15, 0.2) is 0 Å². The average molecular weight is 294 g/mol. The molecule has 0 spiro atoms. The van der Waals surface area contributed by atoms with Crippen LogP contribution in [0.5, 0.6) is 0 Å². The van der Waals surface area contributed by atoms with Gasteiger partial charge in [-0.3, -0.25) is 4.98 Å². The van der Waals surface area contributed by atoms with Crippen LogP contribution in [-0.2, 0) is 6.18 Å². The molecule has 0 fully saturated rings. The maximum absolute atomic E-state index is 12.2. The molecule has 2 rings (SSSR count). The molecule has 2 aromatic rings. The molecule has 0 bridgehead atoms. The van der Waals surface area contributed by atoms with Gasteiger partial charge < -0.3 is 4.42 Å². The van der Waals surface area contributed by atoms with E-state index < -0.39 is 12.1 Å². The van der Waals surface area contributed by atoms with Crippen LogP contribution < -0.4 is 0 Å². The van der Waals surface area contributed by atoms with Gasteiger partial charge in [0, 0.05) is 16.9 Å². The van der Waals surface area contributed by atoms with E-state index in [4.69, 9.17) is 0 Å². The second kappa shape index (κ2) is 3.85. The summed E-state index contributed by atoms with van der Waals surface area (Å²) in [5.41, 5.74) is 0.317. The lowest BCUT2D eigenvalue weighted by atomic mass is 10.3. The van der Waals surface area contributed by atoms with Gasteiger partial charge in [-0.2, -0.15) is 13.2 Å². The summed E-state index contributed by atoms with van der Waals surface area (Å²) in [5, 5.41) is 6.21. The second-order valence-electron chi connectivity index (χ2n) is 2.80. The Morgan fingerprint density at radius 1 is 1.19 bits per heavy atom. The van der Waals surface area contributed by atoms with Crippen molar-refractivity contribution in [1.82, 2.24) is 15.2 Å². The van der Waals surface area contributed by atoms with Gasteiger partial charge in [-0.05, 0) is 22.0 Å². The summed E-state index contributed by atoms with van der Waals surface area (Å²) in [6, 6.07) is 1.53. The summed E-state index contributed by atoms with van der Waals surface area (Å²) < 4.78 is 41.6. The van der Waals surface area contributed by atoms with Crippen molar-refractivity contribution >= 4 is 15.9 Å². The highest BCUT2D eigenvalue weighted by Gasteiger charge is 2.38. The standard InChI is InChI=1S/C8H3BrF3N3O/c9-5-1-4(2-13-3-5)6-14-15-7(16-6)8(10,11)12/h1-3H. The molecule has 0 unspecified atom stereocenters. The molecule has 0 aliphatic heterocycles. The van der Waals surface area contributed by atoms with E-state index >= 15 is 0 Å². The SMILES string of the molecule is FC(F)(F)c1nnc(-c2cncc(Br)c2)o1. The third-order valence-corrected chi connectivity index (χ3v) is 2.05. The van der Waals surface area contributed by atoms with Crippen molar-refractivity contribution < 1.29 is 17.6 Å². The zero-order chi connectivity index (χ0) is 11.8. The van der Waals surface area contributed by atoms with Crippen LogP contribution in [0.1, 0.15) is 5.89 Å². The average Bonchev–Trinajstić information content (AvgIpc) is 2.65. The van der Waals surface area contributed by atoms with Gasteiger partial charge >= 0.3 is 12.1 Å². The van der Waals surface area contributed by atoms with Crippen LogP contribution >= 0.6 is 15.9 Å². The first-order chi connectivity index (χ1) is 7.47. The molecule has 0 atom stereocenters. The van der Waals surface area contributed by atoms with Crippen LogP contribution in [0, 0.1) is 0 Å². The molecule has 0 saturated heterocycles. The van der Waals surface area contributed by atoms with E-state index in [1.165, 1.54) is 18.5 Å². The summed E-state index contributed by atoms with van der Waals surface area (Å²) in [4.78, 5) is 3.78. The van der Waals surface area contributed by atoms with Gasteiger partial charge in [-0.25, -0.2) is 0 Å². The summed E-state index contributed by atoms with van der Waals surface area (Å²) in [7, 11) is 0. The van der Waals surface area contributed by atoms with E-state index in [0.717, 1.165) is 0 Å². The quantitative estimate of drug-likeness (QED) is 0.811. The molecule has 2 heterocycles. The Hall–Kier alpha value is -1.44. The summed E-state index contributed by atoms with van der Waals surface area (Å²) in [6.07, 6.45) is -1.81. The summed E-state index contributed by atoms with van der Waals surface area (Å²) in [6.45, 7) is 0. The fourth-order valence-corrected chi connectivity index (χ4v) is 1.35. The monoisotopic (exact) mass is 293 g/mol. The minimum atomic E-state index is -4.63. The van der Waals surface area contributed by atoms with Gasteiger partial charge in [-0.15, -0.1) is 10.2 Å². The van der Waals surface area contributed by atoms with Crippen LogP contribution in [0.3, 0.4) is 0 Å². The normalized spacial score (nSPS) is 11.8. The molecule has 8 heteroatoms. The highest BCUT2D eigenvalue weighted by atomic mass is 79.9. The van der Waals surface area contributed by atoms with Crippen molar-refractivity contribution in [1.29, 1.82) is 0 Å². The number of rotatable bonds is 1. The smallest absolute Gasteiger partial charge is 0.413 e. The van der Waals surface area contributed by atoms with E-state index in [2.05, 4.69) is 35.5 Å². The van der Waals surface area contributed by atoms with E-state index in [0.29, 0.717) is 10.0 Å². The van der Waals surface area contributed by atoms with Crippen molar-refractivity contribution in [2.75, 3.05) is 0 Å². The van der Waals surface area contributed by atoms with Gasteiger partial charge in [0.1, 0.15) is 0 Å². The number of hydrogen-bond acceptors (Lipinski definition) is 4. The first-order valence-electron chi connectivity index (χ1n) is 3.98. The minimum Gasteiger partial charge on any atom is -0.413 e. The van der Waals surface area contributed by atoms with Crippen LogP contribution in [-0.4, -0.2) is 15.2 Å². The minimum absolute atomic E-state index is 0.221. The number of aromatic nitrogens is 3. The van der Waals surface area contributed by atoms with Crippen molar-refractivity contribution in [2.45, 2.75) is 6.18 Å². The van der Waals surface area contributed by atoms with E-state index in [1.807, 2.05) is 0 Å². The maximum Gasteiger partial charge on any atom is 0.470 e. The zero-order valence-corrected chi connectivity index (χ0v) is 9.08. The van der Waals surface area contributed by atoms with Gasteiger partial charge in [0.2, 0.25) is 5.89 Å². The molecular formula is C8H3BrF3N3O. The van der Waals surface area contributed by atoms with Crippen LogP contribution in [0.4, 0.5) is 13.2 Å². The van der Waals surface area contributed by atoms with Gasteiger partial charge in [0.25, 0.3) is 0 Å². The van der Waals surface area contributed by atoms with E-state index in [-0.39, 0.29) is 5.89 Å². The molecule has 2 aromatic heterocycles. The Morgan fingerprint density at radius 3 is 2.50 bits per heavy atom. The fraction of sp³-hybridized carbons (Fsp3) is 0.125. The van der Waals surface area contributed by atoms with Crippen LogP contribution in [0.15, 0.2) is 27.3 Å². The second-order valence-corrected chi connectivity index (χ2v) is 3.72. The largest absolute Gasteiger partial charge is 0.470 e. The lowest BCUT2D eigenvalue weighted by Crippen LogP contribution is -2.04. The number of nitrogens with zero attached hydrogens (tertiary/aromatic N) is 3. The molecule has 0 N–H and O–H groups in total. The van der Waals surface area contributed by atoms with Crippen LogP contribution in [0.25, 0.3) is 11.5 Å². The van der Waals surface area contributed by atoms with Gasteiger partial charge in [0.05, 0.1) is 5.56 Å². The highest BCUT2D eigenvalue weighted by molar-refractivity contribution is 9.10. The maximum atomic E-state index is 12.2. The van der Waals surface area contributed by atoms with Crippen molar-refractivity contribution in [3.8, 4) is 11.5 Å². The highest BCUT2D eigenvalue weighted by Crippen LogP contribution is 2.30. The molecule has 0 aromatic carbocycles. The Bertz CT molecular complexity index is 511. The molecule has 0 radical (unpaired) electrons. The third-order valence-electron chi connectivity index (χ3n) is 1.62. The lowest BCUT2D eigenvalue weighted by Gasteiger charge is -1.97. The van der Waals surface area contributed by atoms with E-state index in [1.54, 1.807) is 0 Å². The molecule has 0 amide bonds. The van der Waals surface area contributed by atoms with Crippen LogP contribution in [0.2, 0.25) is 0 Å². The molecule has 0 aliphatic rings. The number of halogens is 4. The molecule has 0 aliphatic carbocycles.